The summed E-state index contributed by atoms with van der Waals surface area (Å²) in [5.41, 5.74) is -0.751. The smallest absolute Gasteiger partial charge is 0.328 e. The number of aliphatic carboxylic acids is 1. The van der Waals surface area contributed by atoms with Crippen LogP contribution in [0.4, 0.5) is 0 Å². The lowest BCUT2D eigenvalue weighted by Crippen LogP contribution is -2.47. The zero-order valence-corrected chi connectivity index (χ0v) is 9.93. The van der Waals surface area contributed by atoms with Gasteiger partial charge in [0.15, 0.2) is 0 Å². The van der Waals surface area contributed by atoms with E-state index >= 15 is 0 Å². The molecule has 0 spiro atoms. The number of methoxy groups -OCH3 is 1. The number of benzene rings is 1. The van der Waals surface area contributed by atoms with E-state index < -0.39 is 11.5 Å². The van der Waals surface area contributed by atoms with E-state index in [4.69, 9.17) is 9.84 Å². The number of hydrogen-bond acceptors (Lipinski definition) is 4. The number of aliphatic hydroxyl groups excluding tert-OH is 1. The number of ether oxygens (including phenoxy) is 1. The largest absolute Gasteiger partial charge is 0.496 e. The van der Waals surface area contributed by atoms with Crippen LogP contribution in [-0.4, -0.2) is 36.4 Å². The minimum atomic E-state index is -1.28. The molecule has 5 heteroatoms. The fraction of sp³-hybridized carbons (Fsp3) is 0.417. The summed E-state index contributed by atoms with van der Waals surface area (Å²) in [6.45, 7) is 1.61. The molecule has 0 saturated heterocycles. The maximum atomic E-state index is 11.4. The summed E-state index contributed by atoms with van der Waals surface area (Å²) in [5.74, 6) is -0.515. The zero-order chi connectivity index (χ0) is 12.9. The number of rotatable bonds is 6. The van der Waals surface area contributed by atoms with Gasteiger partial charge in [-0.2, -0.15) is 0 Å². The highest BCUT2D eigenvalue weighted by Gasteiger charge is 2.36. The first-order chi connectivity index (χ1) is 8.06. The molecule has 5 nitrogen and oxygen atoms in total. The molecular weight excluding hydrogens is 222 g/mol. The van der Waals surface area contributed by atoms with Crippen LogP contribution in [0.5, 0.6) is 5.75 Å². The van der Waals surface area contributed by atoms with E-state index in [9.17, 15) is 9.90 Å². The first kappa shape index (κ1) is 13.5. The summed E-state index contributed by atoms with van der Waals surface area (Å²) in [7, 11) is 1.49. The van der Waals surface area contributed by atoms with Crippen LogP contribution in [0.3, 0.4) is 0 Å². The standard InChI is InChI=1S/C12H17NO4/c1-12(11(15)16,13-7-8-14)9-5-3-4-6-10(9)17-2/h3-6,13-14H,7-8H2,1-2H3,(H,15,16). The zero-order valence-electron chi connectivity index (χ0n) is 9.93. The molecule has 0 aliphatic heterocycles. The van der Waals surface area contributed by atoms with Gasteiger partial charge in [-0.25, -0.2) is 4.79 Å². The highest BCUT2D eigenvalue weighted by Crippen LogP contribution is 2.29. The number of carboxylic acids is 1. The second-order valence-electron chi connectivity index (χ2n) is 3.78. The lowest BCUT2D eigenvalue weighted by atomic mass is 9.91. The van der Waals surface area contributed by atoms with Gasteiger partial charge in [0.1, 0.15) is 11.3 Å². The summed E-state index contributed by atoms with van der Waals surface area (Å²) in [5, 5.41) is 20.9. The summed E-state index contributed by atoms with van der Waals surface area (Å²) < 4.78 is 5.16. The molecule has 17 heavy (non-hydrogen) atoms. The Morgan fingerprint density at radius 2 is 2.12 bits per heavy atom. The number of nitrogens with one attached hydrogen (secondary N) is 1. The van der Waals surface area contributed by atoms with Gasteiger partial charge in [-0.3, -0.25) is 5.32 Å². The Balaban J connectivity index is 3.17. The van der Waals surface area contributed by atoms with E-state index in [0.29, 0.717) is 11.3 Å². The molecular formula is C12H17NO4. The van der Waals surface area contributed by atoms with Gasteiger partial charge in [-0.05, 0) is 13.0 Å². The van der Waals surface area contributed by atoms with Gasteiger partial charge in [0.2, 0.25) is 0 Å². The van der Waals surface area contributed by atoms with Crippen LogP contribution in [0.1, 0.15) is 12.5 Å². The summed E-state index contributed by atoms with van der Waals surface area (Å²) in [6.07, 6.45) is 0. The molecule has 1 aromatic carbocycles. The summed E-state index contributed by atoms with van der Waals surface area (Å²) in [6, 6.07) is 6.92. The van der Waals surface area contributed by atoms with E-state index in [2.05, 4.69) is 5.32 Å². The molecule has 0 amide bonds. The van der Waals surface area contributed by atoms with Gasteiger partial charge in [-0.15, -0.1) is 0 Å². The predicted molar refractivity (Wildman–Crippen MR) is 63.1 cm³/mol. The average molecular weight is 239 g/mol. The van der Waals surface area contributed by atoms with Crippen LogP contribution >= 0.6 is 0 Å². The molecule has 1 aromatic rings. The third-order valence-corrected chi connectivity index (χ3v) is 2.66. The summed E-state index contributed by atoms with van der Waals surface area (Å²) in [4.78, 5) is 11.4. The molecule has 0 aliphatic rings. The Morgan fingerprint density at radius 3 is 2.65 bits per heavy atom. The molecule has 1 rings (SSSR count). The van der Waals surface area contributed by atoms with Crippen molar-refractivity contribution in [1.29, 1.82) is 0 Å². The van der Waals surface area contributed by atoms with E-state index in [-0.39, 0.29) is 13.2 Å². The van der Waals surface area contributed by atoms with E-state index in [1.807, 2.05) is 0 Å². The first-order valence-electron chi connectivity index (χ1n) is 5.29. The van der Waals surface area contributed by atoms with Crippen molar-refractivity contribution in [1.82, 2.24) is 5.32 Å². The summed E-state index contributed by atoms with van der Waals surface area (Å²) >= 11 is 0. The molecule has 0 heterocycles. The van der Waals surface area contributed by atoms with Crippen LogP contribution in [-0.2, 0) is 10.3 Å². The molecule has 0 aromatic heterocycles. The van der Waals surface area contributed by atoms with Gasteiger partial charge >= 0.3 is 5.97 Å². The maximum absolute atomic E-state index is 11.4. The number of carboxylic acid groups (broad SMARTS) is 1. The van der Waals surface area contributed by atoms with Crippen molar-refractivity contribution >= 4 is 5.97 Å². The van der Waals surface area contributed by atoms with Gasteiger partial charge in [0.05, 0.1) is 13.7 Å². The monoisotopic (exact) mass is 239 g/mol. The third-order valence-electron chi connectivity index (χ3n) is 2.66. The normalized spacial score (nSPS) is 14.1. The van der Waals surface area contributed by atoms with Crippen molar-refractivity contribution in [2.24, 2.45) is 0 Å². The lowest BCUT2D eigenvalue weighted by molar-refractivity contribution is -0.144. The molecule has 1 unspecified atom stereocenters. The van der Waals surface area contributed by atoms with Crippen LogP contribution < -0.4 is 10.1 Å². The highest BCUT2D eigenvalue weighted by molar-refractivity contribution is 5.81. The molecule has 0 radical (unpaired) electrons. The number of aliphatic hydroxyl groups is 1. The Hall–Kier alpha value is -1.59. The van der Waals surface area contributed by atoms with Crippen molar-refractivity contribution in [3.63, 3.8) is 0 Å². The second-order valence-corrected chi connectivity index (χ2v) is 3.78. The van der Waals surface area contributed by atoms with Gasteiger partial charge in [0, 0.05) is 12.1 Å². The average Bonchev–Trinajstić information content (AvgIpc) is 2.35. The van der Waals surface area contributed by atoms with Gasteiger partial charge in [-0.1, -0.05) is 18.2 Å². The quantitative estimate of drug-likeness (QED) is 0.676. The SMILES string of the molecule is COc1ccccc1C(C)(NCCO)C(=O)O. The minimum Gasteiger partial charge on any atom is -0.496 e. The fourth-order valence-electron chi connectivity index (χ4n) is 1.65. The van der Waals surface area contributed by atoms with Crippen LogP contribution in [0, 0.1) is 0 Å². The van der Waals surface area contributed by atoms with Crippen molar-refractivity contribution < 1.29 is 19.7 Å². The maximum Gasteiger partial charge on any atom is 0.328 e. The molecule has 0 aliphatic carbocycles. The topological polar surface area (TPSA) is 78.8 Å². The molecule has 0 fully saturated rings. The molecule has 0 bridgehead atoms. The first-order valence-corrected chi connectivity index (χ1v) is 5.29. The number of carbonyl (C=O) groups is 1. The van der Waals surface area contributed by atoms with Gasteiger partial charge in [0.25, 0.3) is 0 Å². The molecule has 3 N–H and O–H groups in total. The van der Waals surface area contributed by atoms with E-state index in [1.165, 1.54) is 7.11 Å². The van der Waals surface area contributed by atoms with Gasteiger partial charge < -0.3 is 14.9 Å². The predicted octanol–water partition coefficient (Wildman–Crippen LogP) is 0.577. The highest BCUT2D eigenvalue weighted by atomic mass is 16.5. The van der Waals surface area contributed by atoms with Crippen molar-refractivity contribution in [3.8, 4) is 5.75 Å². The molecule has 1 atom stereocenters. The second kappa shape index (κ2) is 5.65. The van der Waals surface area contributed by atoms with Crippen LogP contribution in [0.25, 0.3) is 0 Å². The molecule has 0 saturated carbocycles. The number of hydrogen-bond donors (Lipinski definition) is 3. The van der Waals surface area contributed by atoms with E-state index in [1.54, 1.807) is 31.2 Å². The minimum absolute atomic E-state index is 0.127. The Bertz CT molecular complexity index is 394. The number of para-hydroxylation sites is 1. The lowest BCUT2D eigenvalue weighted by Gasteiger charge is -2.28. The Kier molecular flexibility index (Phi) is 4.48. The van der Waals surface area contributed by atoms with Crippen LogP contribution in [0.15, 0.2) is 24.3 Å². The third kappa shape index (κ3) is 2.75. The van der Waals surface area contributed by atoms with Crippen molar-refractivity contribution in [2.75, 3.05) is 20.3 Å². The van der Waals surface area contributed by atoms with Crippen molar-refractivity contribution in [2.45, 2.75) is 12.5 Å². The molecule has 94 valence electrons. The Labute approximate surface area is 100 Å². The Morgan fingerprint density at radius 1 is 1.47 bits per heavy atom. The van der Waals surface area contributed by atoms with Crippen molar-refractivity contribution in [3.05, 3.63) is 29.8 Å². The van der Waals surface area contributed by atoms with E-state index in [0.717, 1.165) is 0 Å². The fourth-order valence-corrected chi connectivity index (χ4v) is 1.65. The van der Waals surface area contributed by atoms with Crippen LogP contribution in [0.2, 0.25) is 0 Å².